The van der Waals surface area contributed by atoms with E-state index >= 15 is 0 Å². The maximum atomic E-state index is 4.49. The summed E-state index contributed by atoms with van der Waals surface area (Å²) in [6, 6.07) is 8.41. The van der Waals surface area contributed by atoms with Gasteiger partial charge in [0.05, 0.1) is 0 Å². The van der Waals surface area contributed by atoms with Gasteiger partial charge in [-0.15, -0.1) is 0 Å². The van der Waals surface area contributed by atoms with Gasteiger partial charge in [0.1, 0.15) is 3.70 Å². The minimum absolute atomic E-state index is 1.09. The zero-order valence-corrected chi connectivity index (χ0v) is 9.79. The van der Waals surface area contributed by atoms with Crippen molar-refractivity contribution in [1.29, 1.82) is 0 Å². The molecular weight excluding hydrogens is 273 g/mol. The van der Waals surface area contributed by atoms with Gasteiger partial charge in [0.2, 0.25) is 0 Å². The van der Waals surface area contributed by atoms with Crippen LogP contribution in [0.3, 0.4) is 0 Å². The van der Waals surface area contributed by atoms with E-state index < -0.39 is 0 Å². The predicted octanol–water partition coefficient (Wildman–Crippen LogP) is 3.46. The van der Waals surface area contributed by atoms with Crippen LogP contribution >= 0.6 is 22.6 Å². The standard InChI is InChI=1S/C11H10IN/c1-7-8(2)13-11(12)10-6-4-3-5-9(7)10/h3-6H,1-2H3. The van der Waals surface area contributed by atoms with E-state index in [0.717, 1.165) is 9.39 Å². The fourth-order valence-electron chi connectivity index (χ4n) is 1.48. The highest BCUT2D eigenvalue weighted by Crippen LogP contribution is 2.23. The first-order valence-corrected chi connectivity index (χ1v) is 5.29. The normalized spacial score (nSPS) is 10.7. The minimum atomic E-state index is 1.09. The van der Waals surface area contributed by atoms with Crippen molar-refractivity contribution in [2.75, 3.05) is 0 Å². The summed E-state index contributed by atoms with van der Waals surface area (Å²) in [6.07, 6.45) is 0. The smallest absolute Gasteiger partial charge is 0.109 e. The van der Waals surface area contributed by atoms with Crippen LogP contribution in [0.1, 0.15) is 11.3 Å². The Labute approximate surface area is 91.3 Å². The summed E-state index contributed by atoms with van der Waals surface area (Å²) >= 11 is 2.29. The van der Waals surface area contributed by atoms with Crippen molar-refractivity contribution in [2.24, 2.45) is 0 Å². The van der Waals surface area contributed by atoms with Crippen LogP contribution in [-0.2, 0) is 0 Å². The Kier molecular flexibility index (Phi) is 2.24. The van der Waals surface area contributed by atoms with Gasteiger partial charge in [-0.2, -0.15) is 0 Å². The second kappa shape index (κ2) is 3.25. The second-order valence-electron chi connectivity index (χ2n) is 3.16. The van der Waals surface area contributed by atoms with E-state index in [-0.39, 0.29) is 0 Å². The number of aryl methyl sites for hydroxylation is 2. The Balaban J connectivity index is 2.97. The van der Waals surface area contributed by atoms with E-state index in [4.69, 9.17) is 0 Å². The van der Waals surface area contributed by atoms with Gasteiger partial charge in [0.15, 0.2) is 0 Å². The summed E-state index contributed by atoms with van der Waals surface area (Å²) in [5.74, 6) is 0. The summed E-state index contributed by atoms with van der Waals surface area (Å²) in [5.41, 5.74) is 2.42. The van der Waals surface area contributed by atoms with Crippen molar-refractivity contribution in [3.8, 4) is 0 Å². The first-order chi connectivity index (χ1) is 6.20. The summed E-state index contributed by atoms with van der Waals surface area (Å²) < 4.78 is 1.09. The summed E-state index contributed by atoms with van der Waals surface area (Å²) in [4.78, 5) is 4.49. The molecule has 0 aliphatic rings. The Bertz CT molecular complexity index is 463. The Morgan fingerprint density at radius 3 is 2.38 bits per heavy atom. The number of benzene rings is 1. The van der Waals surface area contributed by atoms with Gasteiger partial charge in [-0.05, 0) is 47.4 Å². The first-order valence-electron chi connectivity index (χ1n) is 4.21. The summed E-state index contributed by atoms with van der Waals surface area (Å²) in [6.45, 7) is 4.19. The molecule has 0 aliphatic heterocycles. The van der Waals surface area contributed by atoms with Crippen LogP contribution in [0.4, 0.5) is 0 Å². The fraction of sp³-hybridized carbons (Fsp3) is 0.182. The van der Waals surface area contributed by atoms with Crippen LogP contribution in [0, 0.1) is 17.5 Å². The minimum Gasteiger partial charge on any atom is -0.246 e. The Morgan fingerprint density at radius 1 is 1.08 bits per heavy atom. The first kappa shape index (κ1) is 8.94. The van der Waals surface area contributed by atoms with E-state index in [1.54, 1.807) is 0 Å². The third-order valence-electron chi connectivity index (χ3n) is 2.36. The molecule has 0 bridgehead atoms. The van der Waals surface area contributed by atoms with Crippen molar-refractivity contribution >= 4 is 33.4 Å². The molecule has 2 heteroatoms. The SMILES string of the molecule is Cc1nc(I)c2ccccc2c1C. The second-order valence-corrected chi connectivity index (χ2v) is 4.18. The molecule has 0 saturated carbocycles. The molecule has 0 saturated heterocycles. The van der Waals surface area contributed by atoms with Gasteiger partial charge in [0, 0.05) is 11.1 Å². The largest absolute Gasteiger partial charge is 0.246 e. The molecule has 0 aliphatic carbocycles. The van der Waals surface area contributed by atoms with E-state index in [0.29, 0.717) is 0 Å². The van der Waals surface area contributed by atoms with Gasteiger partial charge in [-0.1, -0.05) is 24.3 Å². The average Bonchev–Trinajstić information content (AvgIpc) is 2.15. The van der Waals surface area contributed by atoms with Crippen LogP contribution < -0.4 is 0 Å². The highest BCUT2D eigenvalue weighted by atomic mass is 127. The molecular formula is C11H10IN. The van der Waals surface area contributed by atoms with Crippen LogP contribution in [0.15, 0.2) is 24.3 Å². The lowest BCUT2D eigenvalue weighted by atomic mass is 10.1. The van der Waals surface area contributed by atoms with Crippen molar-refractivity contribution < 1.29 is 0 Å². The number of hydrogen-bond donors (Lipinski definition) is 0. The molecule has 1 nitrogen and oxygen atoms in total. The third kappa shape index (κ3) is 1.43. The Hall–Kier alpha value is -0.640. The zero-order chi connectivity index (χ0) is 9.42. The monoisotopic (exact) mass is 283 g/mol. The highest BCUT2D eigenvalue weighted by Gasteiger charge is 2.04. The van der Waals surface area contributed by atoms with Gasteiger partial charge < -0.3 is 0 Å². The molecule has 66 valence electrons. The zero-order valence-electron chi connectivity index (χ0n) is 7.63. The van der Waals surface area contributed by atoms with Crippen molar-refractivity contribution in [3.05, 3.63) is 39.2 Å². The van der Waals surface area contributed by atoms with Gasteiger partial charge in [-0.3, -0.25) is 0 Å². The predicted molar refractivity (Wildman–Crippen MR) is 63.9 cm³/mol. The lowest BCUT2D eigenvalue weighted by Crippen LogP contribution is -1.92. The van der Waals surface area contributed by atoms with Crippen molar-refractivity contribution in [1.82, 2.24) is 4.98 Å². The molecule has 1 heterocycles. The number of fused-ring (bicyclic) bond motifs is 1. The maximum Gasteiger partial charge on any atom is 0.109 e. The number of hydrogen-bond acceptors (Lipinski definition) is 1. The number of nitrogens with zero attached hydrogens (tertiary/aromatic N) is 1. The molecule has 2 aromatic rings. The molecule has 0 N–H and O–H groups in total. The Morgan fingerprint density at radius 2 is 1.69 bits per heavy atom. The third-order valence-corrected chi connectivity index (χ3v) is 3.18. The van der Waals surface area contributed by atoms with E-state index in [1.165, 1.54) is 16.3 Å². The van der Waals surface area contributed by atoms with E-state index in [1.807, 2.05) is 0 Å². The molecule has 0 fully saturated rings. The molecule has 0 atom stereocenters. The van der Waals surface area contributed by atoms with Crippen LogP contribution in [0.2, 0.25) is 0 Å². The molecule has 1 aromatic heterocycles. The average molecular weight is 283 g/mol. The summed E-state index contributed by atoms with van der Waals surface area (Å²) in [7, 11) is 0. The van der Waals surface area contributed by atoms with Crippen LogP contribution in [-0.4, -0.2) is 4.98 Å². The van der Waals surface area contributed by atoms with Gasteiger partial charge in [0.25, 0.3) is 0 Å². The maximum absolute atomic E-state index is 4.49. The van der Waals surface area contributed by atoms with Crippen LogP contribution in [0.25, 0.3) is 10.8 Å². The van der Waals surface area contributed by atoms with Crippen LogP contribution in [0.5, 0.6) is 0 Å². The molecule has 2 rings (SSSR count). The number of aromatic nitrogens is 1. The summed E-state index contributed by atoms with van der Waals surface area (Å²) in [5, 5.41) is 2.57. The lowest BCUT2D eigenvalue weighted by molar-refractivity contribution is 1.15. The lowest BCUT2D eigenvalue weighted by Gasteiger charge is -2.06. The molecule has 13 heavy (non-hydrogen) atoms. The van der Waals surface area contributed by atoms with Gasteiger partial charge in [-0.25, -0.2) is 4.98 Å². The van der Waals surface area contributed by atoms with Crippen molar-refractivity contribution in [3.63, 3.8) is 0 Å². The highest BCUT2D eigenvalue weighted by molar-refractivity contribution is 14.1. The fourth-order valence-corrected chi connectivity index (χ4v) is 2.31. The number of rotatable bonds is 0. The molecule has 0 radical (unpaired) electrons. The molecule has 0 unspecified atom stereocenters. The van der Waals surface area contributed by atoms with E-state index in [9.17, 15) is 0 Å². The number of halogens is 1. The number of pyridine rings is 1. The van der Waals surface area contributed by atoms with Gasteiger partial charge >= 0.3 is 0 Å². The quantitative estimate of drug-likeness (QED) is 0.533. The van der Waals surface area contributed by atoms with E-state index in [2.05, 4.69) is 65.7 Å². The molecule has 1 aromatic carbocycles. The van der Waals surface area contributed by atoms with Crippen molar-refractivity contribution in [2.45, 2.75) is 13.8 Å². The topological polar surface area (TPSA) is 12.9 Å². The molecule has 0 amide bonds. The molecule has 0 spiro atoms.